The van der Waals surface area contributed by atoms with E-state index in [0.717, 1.165) is 5.56 Å². The quantitative estimate of drug-likeness (QED) is 0.537. The van der Waals surface area contributed by atoms with Gasteiger partial charge in [-0.3, -0.25) is 4.79 Å². The lowest BCUT2D eigenvalue weighted by molar-refractivity contribution is -0.131. The molecule has 0 bridgehead atoms. The molecule has 0 aliphatic heterocycles. The minimum Gasteiger partial charge on any atom is -0.427 e. The van der Waals surface area contributed by atoms with E-state index in [4.69, 9.17) is 16.3 Å². The van der Waals surface area contributed by atoms with Crippen molar-refractivity contribution >= 4 is 23.6 Å². The fraction of sp³-hybridized carbons (Fsp3) is 0.100. The van der Waals surface area contributed by atoms with Crippen LogP contribution < -0.4 is 4.74 Å². The van der Waals surface area contributed by atoms with E-state index >= 15 is 0 Å². The first-order chi connectivity index (χ1) is 6.11. The minimum atomic E-state index is -0.364. The third kappa shape index (κ3) is 2.92. The lowest BCUT2D eigenvalue weighted by Gasteiger charge is -2.02. The van der Waals surface area contributed by atoms with Gasteiger partial charge in [-0.05, 0) is 23.8 Å². The molecule has 0 amide bonds. The zero-order chi connectivity index (χ0) is 9.84. The molecule has 68 valence electrons. The highest BCUT2D eigenvalue weighted by Gasteiger charge is 2.00. The van der Waals surface area contributed by atoms with Gasteiger partial charge in [-0.15, -0.1) is 0 Å². The Balaban J connectivity index is 3.01. The van der Waals surface area contributed by atoms with Crippen LogP contribution in [0.4, 0.5) is 0 Å². The van der Waals surface area contributed by atoms with Gasteiger partial charge in [0.25, 0.3) is 0 Å². The third-order valence-electron chi connectivity index (χ3n) is 1.39. The normalized spacial score (nSPS) is 9.38. The maximum atomic E-state index is 10.6. The molecule has 1 aromatic carbocycles. The lowest BCUT2D eigenvalue weighted by atomic mass is 10.2. The highest BCUT2D eigenvalue weighted by molar-refractivity contribution is 6.30. The second-order valence-corrected chi connectivity index (χ2v) is 2.95. The summed E-state index contributed by atoms with van der Waals surface area (Å²) in [5, 5.41) is 0.522. The Bertz CT molecular complexity index is 345. The number of hydrogen-bond acceptors (Lipinski definition) is 2. The molecule has 3 heteroatoms. The van der Waals surface area contributed by atoms with Gasteiger partial charge in [-0.25, -0.2) is 0 Å². The van der Waals surface area contributed by atoms with Crippen LogP contribution in [0.2, 0.25) is 5.02 Å². The van der Waals surface area contributed by atoms with Crippen LogP contribution in [0.25, 0.3) is 6.08 Å². The molecule has 0 heterocycles. The largest absolute Gasteiger partial charge is 0.427 e. The SMILES string of the molecule is C=Cc1cc(Cl)cc(OC(C)=O)c1. The highest BCUT2D eigenvalue weighted by Crippen LogP contribution is 2.21. The van der Waals surface area contributed by atoms with Crippen molar-refractivity contribution in [2.75, 3.05) is 0 Å². The van der Waals surface area contributed by atoms with Gasteiger partial charge in [0.15, 0.2) is 0 Å². The van der Waals surface area contributed by atoms with Crippen LogP contribution in [-0.2, 0) is 4.79 Å². The molecule has 0 atom stereocenters. The fourth-order valence-corrected chi connectivity index (χ4v) is 1.16. The van der Waals surface area contributed by atoms with E-state index in [0.29, 0.717) is 10.8 Å². The Hall–Kier alpha value is -1.28. The van der Waals surface area contributed by atoms with Crippen LogP contribution in [-0.4, -0.2) is 5.97 Å². The molecule has 0 aliphatic carbocycles. The zero-order valence-electron chi connectivity index (χ0n) is 7.21. The van der Waals surface area contributed by atoms with E-state index in [-0.39, 0.29) is 5.97 Å². The summed E-state index contributed by atoms with van der Waals surface area (Å²) in [6.45, 7) is 4.93. The number of hydrogen-bond donors (Lipinski definition) is 0. The molecule has 0 aliphatic rings. The van der Waals surface area contributed by atoms with Crippen LogP contribution in [0.5, 0.6) is 5.75 Å². The second kappa shape index (κ2) is 4.10. The second-order valence-electron chi connectivity index (χ2n) is 2.52. The maximum Gasteiger partial charge on any atom is 0.308 e. The molecule has 1 rings (SSSR count). The molecule has 0 spiro atoms. The molecule has 0 aromatic heterocycles. The van der Waals surface area contributed by atoms with Crippen LogP contribution in [0.15, 0.2) is 24.8 Å². The van der Waals surface area contributed by atoms with Crippen molar-refractivity contribution < 1.29 is 9.53 Å². The minimum absolute atomic E-state index is 0.364. The molecule has 0 radical (unpaired) electrons. The molecular weight excluding hydrogens is 188 g/mol. The lowest BCUT2D eigenvalue weighted by Crippen LogP contribution is -2.01. The summed E-state index contributed by atoms with van der Waals surface area (Å²) in [4.78, 5) is 10.6. The van der Waals surface area contributed by atoms with Gasteiger partial charge in [0.1, 0.15) is 5.75 Å². The fourth-order valence-electron chi connectivity index (χ4n) is 0.927. The van der Waals surface area contributed by atoms with Crippen LogP contribution in [0.3, 0.4) is 0 Å². The summed E-state index contributed by atoms with van der Waals surface area (Å²) in [5.41, 5.74) is 0.823. The Morgan fingerprint density at radius 2 is 2.23 bits per heavy atom. The number of carbonyl (C=O) groups excluding carboxylic acids is 1. The van der Waals surface area contributed by atoms with E-state index in [2.05, 4.69) is 6.58 Å². The van der Waals surface area contributed by atoms with Crippen molar-refractivity contribution in [1.82, 2.24) is 0 Å². The van der Waals surface area contributed by atoms with E-state index in [1.807, 2.05) is 0 Å². The average molecular weight is 197 g/mol. The summed E-state index contributed by atoms with van der Waals surface area (Å²) in [6.07, 6.45) is 1.64. The van der Waals surface area contributed by atoms with Crippen molar-refractivity contribution in [3.05, 3.63) is 35.4 Å². The van der Waals surface area contributed by atoms with Gasteiger partial charge in [-0.1, -0.05) is 24.3 Å². The number of esters is 1. The zero-order valence-corrected chi connectivity index (χ0v) is 7.97. The van der Waals surface area contributed by atoms with E-state index in [1.54, 1.807) is 24.3 Å². The van der Waals surface area contributed by atoms with Crippen molar-refractivity contribution in [3.63, 3.8) is 0 Å². The Morgan fingerprint density at radius 1 is 1.54 bits per heavy atom. The smallest absolute Gasteiger partial charge is 0.308 e. The van der Waals surface area contributed by atoms with Crippen molar-refractivity contribution in [1.29, 1.82) is 0 Å². The first kappa shape index (κ1) is 9.81. The van der Waals surface area contributed by atoms with Crippen LogP contribution in [0, 0.1) is 0 Å². The summed E-state index contributed by atoms with van der Waals surface area (Å²) in [5.74, 6) is 0.0761. The molecule has 13 heavy (non-hydrogen) atoms. The number of rotatable bonds is 2. The molecule has 0 unspecified atom stereocenters. The van der Waals surface area contributed by atoms with Crippen LogP contribution in [0.1, 0.15) is 12.5 Å². The van der Waals surface area contributed by atoms with Crippen LogP contribution >= 0.6 is 11.6 Å². The molecule has 1 aromatic rings. The average Bonchev–Trinajstić information content (AvgIpc) is 2.01. The predicted octanol–water partition coefficient (Wildman–Crippen LogP) is 2.91. The standard InChI is InChI=1S/C10H9ClO2/c1-3-8-4-9(11)6-10(5-8)13-7(2)12/h3-6H,1H2,2H3. The Labute approximate surface area is 81.8 Å². The molecule has 0 saturated heterocycles. The van der Waals surface area contributed by atoms with Gasteiger partial charge >= 0.3 is 5.97 Å². The number of halogens is 1. The topological polar surface area (TPSA) is 26.3 Å². The predicted molar refractivity (Wildman–Crippen MR) is 52.9 cm³/mol. The Morgan fingerprint density at radius 3 is 2.77 bits per heavy atom. The Kier molecular flexibility index (Phi) is 3.09. The summed E-state index contributed by atoms with van der Waals surface area (Å²) in [6, 6.07) is 5.01. The first-order valence-corrected chi connectivity index (χ1v) is 4.11. The third-order valence-corrected chi connectivity index (χ3v) is 1.61. The highest BCUT2D eigenvalue weighted by atomic mass is 35.5. The van der Waals surface area contributed by atoms with Crippen molar-refractivity contribution in [2.24, 2.45) is 0 Å². The summed E-state index contributed by atoms with van der Waals surface area (Å²) in [7, 11) is 0. The van der Waals surface area contributed by atoms with Crippen molar-refractivity contribution in [3.8, 4) is 5.75 Å². The molecule has 0 saturated carbocycles. The monoisotopic (exact) mass is 196 g/mol. The van der Waals surface area contributed by atoms with E-state index < -0.39 is 0 Å². The molecule has 0 fully saturated rings. The van der Waals surface area contributed by atoms with Gasteiger partial charge in [0, 0.05) is 11.9 Å². The first-order valence-electron chi connectivity index (χ1n) is 3.73. The number of ether oxygens (including phenoxy) is 1. The molecule has 0 N–H and O–H groups in total. The number of carbonyl (C=O) groups is 1. The van der Waals surface area contributed by atoms with Gasteiger partial charge in [0.2, 0.25) is 0 Å². The van der Waals surface area contributed by atoms with E-state index in [1.165, 1.54) is 6.92 Å². The number of benzene rings is 1. The van der Waals surface area contributed by atoms with E-state index in [9.17, 15) is 4.79 Å². The van der Waals surface area contributed by atoms with Gasteiger partial charge in [-0.2, -0.15) is 0 Å². The molecular formula is C10H9ClO2. The van der Waals surface area contributed by atoms with Gasteiger partial charge < -0.3 is 4.74 Å². The van der Waals surface area contributed by atoms with Gasteiger partial charge in [0.05, 0.1) is 0 Å². The summed E-state index contributed by atoms with van der Waals surface area (Å²) < 4.78 is 4.87. The maximum absolute atomic E-state index is 10.6. The summed E-state index contributed by atoms with van der Waals surface area (Å²) >= 11 is 5.77. The molecule has 2 nitrogen and oxygen atoms in total. The van der Waals surface area contributed by atoms with Crippen molar-refractivity contribution in [2.45, 2.75) is 6.92 Å².